The largest absolute Gasteiger partial charge is 0.366 e. The van der Waals surface area contributed by atoms with Gasteiger partial charge < -0.3 is 5.73 Å². The van der Waals surface area contributed by atoms with E-state index in [1.807, 2.05) is 0 Å². The van der Waals surface area contributed by atoms with Gasteiger partial charge in [0.05, 0.1) is 5.56 Å². The van der Waals surface area contributed by atoms with Gasteiger partial charge in [-0.3, -0.25) is 4.79 Å². The first kappa shape index (κ1) is 11.0. The van der Waals surface area contributed by atoms with Crippen LogP contribution < -0.4 is 5.73 Å². The van der Waals surface area contributed by atoms with E-state index < -0.39 is 12.3 Å². The molecular weight excluding hydrogens is 258 g/mol. The Balaban J connectivity index is 3.41. The smallest absolute Gasteiger partial charge is 0.265 e. The van der Waals surface area contributed by atoms with Gasteiger partial charge in [-0.05, 0) is 28.4 Å². The number of rotatable bonds is 2. The van der Waals surface area contributed by atoms with Gasteiger partial charge in [-0.25, -0.2) is 13.8 Å². The fourth-order valence-corrected chi connectivity index (χ4v) is 1.69. The molecule has 0 fully saturated rings. The third kappa shape index (κ3) is 1.89. The van der Waals surface area contributed by atoms with Gasteiger partial charge in [0.25, 0.3) is 12.3 Å². The van der Waals surface area contributed by atoms with Crippen LogP contribution in [0.15, 0.2) is 10.8 Å². The van der Waals surface area contributed by atoms with Gasteiger partial charge in [-0.2, -0.15) is 0 Å². The summed E-state index contributed by atoms with van der Waals surface area (Å²) in [6.45, 7) is 1.41. The number of nitrogens with two attached hydrogens (primary N) is 1. The van der Waals surface area contributed by atoms with Crippen molar-refractivity contribution in [3.05, 3.63) is 27.5 Å². The van der Waals surface area contributed by atoms with Crippen LogP contribution in [0.25, 0.3) is 0 Å². The van der Waals surface area contributed by atoms with Crippen LogP contribution in [-0.2, 0) is 0 Å². The standard InChI is InChI=1S/C8H7BrF2N2O/c1-3-4(7(10)11)2-13-6(9)5(3)8(12)14/h2,7H,1H3,(H2,12,14). The Morgan fingerprint density at radius 1 is 1.64 bits per heavy atom. The number of carbonyl (C=O) groups excluding carboxylic acids is 1. The summed E-state index contributed by atoms with van der Waals surface area (Å²) in [5, 5.41) is 0. The van der Waals surface area contributed by atoms with Crippen molar-refractivity contribution in [2.24, 2.45) is 5.73 Å². The molecule has 3 nitrogen and oxygen atoms in total. The van der Waals surface area contributed by atoms with Crippen molar-refractivity contribution in [2.75, 3.05) is 0 Å². The number of primary amides is 1. The number of halogens is 3. The second-order valence-electron chi connectivity index (χ2n) is 2.67. The summed E-state index contributed by atoms with van der Waals surface area (Å²) in [7, 11) is 0. The van der Waals surface area contributed by atoms with Gasteiger partial charge in [-0.1, -0.05) is 0 Å². The topological polar surface area (TPSA) is 56.0 Å². The predicted molar refractivity (Wildman–Crippen MR) is 50.1 cm³/mol. The van der Waals surface area contributed by atoms with Crippen molar-refractivity contribution in [3.8, 4) is 0 Å². The van der Waals surface area contributed by atoms with Crippen LogP contribution in [0.4, 0.5) is 8.78 Å². The van der Waals surface area contributed by atoms with Crippen LogP contribution in [0, 0.1) is 6.92 Å². The number of aromatic nitrogens is 1. The number of carbonyl (C=O) groups is 1. The van der Waals surface area contributed by atoms with Crippen molar-refractivity contribution in [2.45, 2.75) is 13.3 Å². The summed E-state index contributed by atoms with van der Waals surface area (Å²) >= 11 is 2.97. The van der Waals surface area contributed by atoms with Gasteiger partial charge in [-0.15, -0.1) is 0 Å². The molecule has 1 rings (SSSR count). The van der Waals surface area contributed by atoms with E-state index in [1.54, 1.807) is 0 Å². The number of alkyl halides is 2. The molecule has 2 N–H and O–H groups in total. The molecule has 0 aliphatic heterocycles. The minimum absolute atomic E-state index is 0.00259. The second-order valence-corrected chi connectivity index (χ2v) is 3.42. The molecule has 0 saturated heterocycles. The lowest BCUT2D eigenvalue weighted by Gasteiger charge is -2.08. The molecule has 6 heteroatoms. The lowest BCUT2D eigenvalue weighted by Crippen LogP contribution is -2.15. The number of amides is 1. The van der Waals surface area contributed by atoms with E-state index in [9.17, 15) is 13.6 Å². The summed E-state index contributed by atoms with van der Waals surface area (Å²) < 4.78 is 25.0. The average Bonchev–Trinajstić information content (AvgIpc) is 2.02. The zero-order valence-electron chi connectivity index (χ0n) is 7.22. The maximum Gasteiger partial charge on any atom is 0.265 e. The van der Waals surface area contributed by atoms with Crippen molar-refractivity contribution in [1.29, 1.82) is 0 Å². The highest BCUT2D eigenvalue weighted by atomic mass is 79.9. The maximum atomic E-state index is 12.4. The number of nitrogens with zero attached hydrogens (tertiary/aromatic N) is 1. The third-order valence-electron chi connectivity index (χ3n) is 1.81. The van der Waals surface area contributed by atoms with Crippen LogP contribution in [0.2, 0.25) is 0 Å². The highest BCUT2D eigenvalue weighted by molar-refractivity contribution is 9.10. The van der Waals surface area contributed by atoms with Gasteiger partial charge in [0.2, 0.25) is 0 Å². The third-order valence-corrected chi connectivity index (χ3v) is 2.41. The van der Waals surface area contributed by atoms with Gasteiger partial charge in [0, 0.05) is 11.8 Å². The molecule has 0 atom stereocenters. The molecule has 0 saturated carbocycles. The predicted octanol–water partition coefficient (Wildman–Crippen LogP) is 2.19. The van der Waals surface area contributed by atoms with Crippen molar-refractivity contribution in [3.63, 3.8) is 0 Å². The number of pyridine rings is 1. The summed E-state index contributed by atoms with van der Waals surface area (Å²) in [5.74, 6) is -0.774. The minimum atomic E-state index is -2.66. The van der Waals surface area contributed by atoms with E-state index in [0.717, 1.165) is 6.20 Å². The first-order chi connectivity index (χ1) is 6.45. The highest BCUT2D eigenvalue weighted by Gasteiger charge is 2.19. The van der Waals surface area contributed by atoms with Crippen LogP contribution in [0.3, 0.4) is 0 Å². The molecule has 0 spiro atoms. The molecule has 0 aliphatic carbocycles. The quantitative estimate of drug-likeness (QED) is 0.833. The van der Waals surface area contributed by atoms with Crippen molar-refractivity contribution >= 4 is 21.8 Å². The molecule has 0 bridgehead atoms. The van der Waals surface area contributed by atoms with Crippen molar-refractivity contribution < 1.29 is 13.6 Å². The fraction of sp³-hybridized carbons (Fsp3) is 0.250. The Labute approximate surface area is 87.4 Å². The molecule has 1 aromatic heterocycles. The Kier molecular flexibility index (Phi) is 3.15. The van der Waals surface area contributed by atoms with Crippen LogP contribution >= 0.6 is 15.9 Å². The second kappa shape index (κ2) is 4.00. The Morgan fingerprint density at radius 3 is 2.64 bits per heavy atom. The molecule has 0 unspecified atom stereocenters. The average molecular weight is 265 g/mol. The van der Waals surface area contributed by atoms with E-state index in [2.05, 4.69) is 20.9 Å². The SMILES string of the molecule is Cc1c(C(F)F)cnc(Br)c1C(N)=O. The first-order valence-electron chi connectivity index (χ1n) is 3.68. The summed E-state index contributed by atoms with van der Waals surface area (Å²) in [6.07, 6.45) is -1.63. The lowest BCUT2D eigenvalue weighted by molar-refractivity contribution is 0.0997. The van der Waals surface area contributed by atoms with Gasteiger partial charge >= 0.3 is 0 Å². The van der Waals surface area contributed by atoms with Crippen LogP contribution in [-0.4, -0.2) is 10.9 Å². The molecule has 0 aliphatic rings. The van der Waals surface area contributed by atoms with Crippen LogP contribution in [0.5, 0.6) is 0 Å². The molecule has 1 aromatic rings. The normalized spacial score (nSPS) is 10.6. The molecule has 0 aromatic carbocycles. The van der Waals surface area contributed by atoms with Gasteiger partial charge in [0.1, 0.15) is 4.60 Å². The molecular formula is C8H7BrF2N2O. The highest BCUT2D eigenvalue weighted by Crippen LogP contribution is 2.27. The van der Waals surface area contributed by atoms with E-state index in [1.165, 1.54) is 6.92 Å². The molecule has 14 heavy (non-hydrogen) atoms. The Morgan fingerprint density at radius 2 is 2.21 bits per heavy atom. The summed E-state index contributed by atoms with van der Waals surface area (Å²) in [6, 6.07) is 0. The van der Waals surface area contributed by atoms with E-state index in [-0.39, 0.29) is 21.3 Å². The molecule has 76 valence electrons. The lowest BCUT2D eigenvalue weighted by atomic mass is 10.1. The Bertz CT molecular complexity index is 382. The first-order valence-corrected chi connectivity index (χ1v) is 4.47. The van der Waals surface area contributed by atoms with Crippen molar-refractivity contribution in [1.82, 2.24) is 4.98 Å². The van der Waals surface area contributed by atoms with E-state index in [4.69, 9.17) is 5.73 Å². The molecule has 0 radical (unpaired) electrons. The molecule has 1 amide bonds. The number of hydrogen-bond acceptors (Lipinski definition) is 2. The van der Waals surface area contributed by atoms with Crippen LogP contribution in [0.1, 0.15) is 27.9 Å². The zero-order chi connectivity index (χ0) is 10.9. The Hall–Kier alpha value is -1.04. The minimum Gasteiger partial charge on any atom is -0.366 e. The van der Waals surface area contributed by atoms with Gasteiger partial charge in [0.15, 0.2) is 0 Å². The van der Waals surface area contributed by atoms with E-state index in [0.29, 0.717) is 0 Å². The van der Waals surface area contributed by atoms with E-state index >= 15 is 0 Å². The zero-order valence-corrected chi connectivity index (χ0v) is 8.81. The monoisotopic (exact) mass is 264 g/mol. The summed E-state index contributed by atoms with van der Waals surface area (Å²) in [4.78, 5) is 14.5. The fourth-order valence-electron chi connectivity index (χ4n) is 1.09. The molecule has 1 heterocycles. The summed E-state index contributed by atoms with van der Waals surface area (Å²) in [5.41, 5.74) is 4.92. The maximum absolute atomic E-state index is 12.4. The number of hydrogen-bond donors (Lipinski definition) is 1.